The zero-order chi connectivity index (χ0) is 58.5. The molecule has 0 bridgehead atoms. The van der Waals surface area contributed by atoms with Gasteiger partial charge in [-0.3, -0.25) is 14.4 Å². The fourth-order valence-corrected chi connectivity index (χ4v) is 10.7. The third kappa shape index (κ3) is 67.8. The summed E-state index contributed by atoms with van der Waals surface area (Å²) in [7, 11) is 0. The zero-order valence-corrected chi connectivity index (χ0v) is 54.3. The van der Waals surface area contributed by atoms with Gasteiger partial charge in [0.05, 0.1) is 0 Å². The second-order valence-corrected chi connectivity index (χ2v) is 24.1. The quantitative estimate of drug-likeness (QED) is 0.0261. The van der Waals surface area contributed by atoms with E-state index < -0.39 is 6.10 Å². The Balaban J connectivity index is 4.00. The minimum atomic E-state index is -0.777. The van der Waals surface area contributed by atoms with Gasteiger partial charge in [-0.05, 0) is 64.2 Å². The average molecular weight is 1130 g/mol. The highest BCUT2D eigenvalue weighted by Crippen LogP contribution is 2.19. The molecular weight excluding hydrogens is 997 g/mol. The number of carbonyl (C=O) groups excluding carboxylic acids is 3. The Morgan fingerprint density at radius 3 is 0.753 bits per heavy atom. The van der Waals surface area contributed by atoms with E-state index in [0.717, 1.165) is 96.3 Å². The molecule has 0 radical (unpaired) electrons. The minimum absolute atomic E-state index is 0.0748. The molecule has 0 rings (SSSR count). The van der Waals surface area contributed by atoms with Crippen molar-refractivity contribution in [3.05, 3.63) is 60.8 Å². The Bertz CT molecular complexity index is 1440. The zero-order valence-electron chi connectivity index (χ0n) is 54.3. The highest BCUT2D eigenvalue weighted by atomic mass is 16.6. The van der Waals surface area contributed by atoms with E-state index in [1.54, 1.807) is 0 Å². The second kappa shape index (κ2) is 69.6. The Hall–Kier alpha value is -2.89. The van der Waals surface area contributed by atoms with Crippen molar-refractivity contribution >= 4 is 17.9 Å². The summed E-state index contributed by atoms with van der Waals surface area (Å²) >= 11 is 0. The summed E-state index contributed by atoms with van der Waals surface area (Å²) in [5, 5.41) is 0. The number of hydrogen-bond acceptors (Lipinski definition) is 6. The van der Waals surface area contributed by atoms with Crippen LogP contribution in [-0.4, -0.2) is 37.2 Å². The van der Waals surface area contributed by atoms with Gasteiger partial charge in [-0.15, -0.1) is 0 Å². The average Bonchev–Trinajstić information content (AvgIpc) is 3.46. The molecule has 1 atom stereocenters. The monoisotopic (exact) mass is 1130 g/mol. The molecule has 0 aromatic heterocycles. The SMILES string of the molecule is CC/C=C\C/C=C\C/C=C\C/C=C\C/C=C\CCCCCCCCCC(=O)OC(COC(=O)CCCCCCCCC)COC(=O)CCCCCCCCCCCCCCCCCCCCCCCCCCCCCCCCCCC. The van der Waals surface area contributed by atoms with Gasteiger partial charge in [-0.1, -0.05) is 358 Å². The number of carbonyl (C=O) groups is 3. The third-order valence-corrected chi connectivity index (χ3v) is 16.0. The fourth-order valence-electron chi connectivity index (χ4n) is 10.7. The summed E-state index contributed by atoms with van der Waals surface area (Å²) in [4.78, 5) is 38.2. The van der Waals surface area contributed by atoms with Crippen molar-refractivity contribution in [2.45, 2.75) is 386 Å². The summed E-state index contributed by atoms with van der Waals surface area (Å²) in [5.41, 5.74) is 0. The number of rotatable bonds is 66. The molecule has 0 aliphatic heterocycles. The molecule has 0 spiro atoms. The molecule has 472 valence electrons. The van der Waals surface area contributed by atoms with Crippen LogP contribution in [0.25, 0.3) is 0 Å². The molecule has 0 saturated carbocycles. The van der Waals surface area contributed by atoms with Crippen LogP contribution in [-0.2, 0) is 28.6 Å². The normalized spacial score (nSPS) is 12.4. The van der Waals surface area contributed by atoms with E-state index in [1.807, 2.05) is 0 Å². The lowest BCUT2D eigenvalue weighted by molar-refractivity contribution is -0.167. The van der Waals surface area contributed by atoms with Gasteiger partial charge < -0.3 is 14.2 Å². The van der Waals surface area contributed by atoms with Crippen LogP contribution in [0.15, 0.2) is 60.8 Å². The van der Waals surface area contributed by atoms with Crippen molar-refractivity contribution in [2.75, 3.05) is 13.2 Å². The fraction of sp³-hybridized carbons (Fsp3) is 0.827. The van der Waals surface area contributed by atoms with E-state index >= 15 is 0 Å². The lowest BCUT2D eigenvalue weighted by Crippen LogP contribution is -2.30. The highest BCUT2D eigenvalue weighted by Gasteiger charge is 2.19. The molecule has 0 aromatic rings. The Morgan fingerprint density at radius 2 is 0.481 bits per heavy atom. The van der Waals surface area contributed by atoms with E-state index in [0.29, 0.717) is 19.3 Å². The molecule has 6 nitrogen and oxygen atoms in total. The first kappa shape index (κ1) is 78.1. The van der Waals surface area contributed by atoms with Crippen molar-refractivity contribution < 1.29 is 28.6 Å². The lowest BCUT2D eigenvalue weighted by Gasteiger charge is -2.18. The number of allylic oxidation sites excluding steroid dienone is 10. The van der Waals surface area contributed by atoms with Crippen LogP contribution in [0.5, 0.6) is 0 Å². The smallest absolute Gasteiger partial charge is 0.306 e. The molecule has 0 aromatic carbocycles. The van der Waals surface area contributed by atoms with Gasteiger partial charge in [0.25, 0.3) is 0 Å². The van der Waals surface area contributed by atoms with E-state index in [4.69, 9.17) is 14.2 Å². The van der Waals surface area contributed by atoms with Crippen LogP contribution in [0.4, 0.5) is 0 Å². The number of esters is 3. The molecule has 0 aliphatic rings. The predicted octanol–water partition coefficient (Wildman–Crippen LogP) is 24.7. The molecule has 0 aliphatic carbocycles. The maximum Gasteiger partial charge on any atom is 0.306 e. The Morgan fingerprint density at radius 1 is 0.259 bits per heavy atom. The predicted molar refractivity (Wildman–Crippen MR) is 353 cm³/mol. The van der Waals surface area contributed by atoms with E-state index in [1.165, 1.54) is 244 Å². The van der Waals surface area contributed by atoms with Crippen LogP contribution >= 0.6 is 0 Å². The van der Waals surface area contributed by atoms with Crippen LogP contribution in [0, 0.1) is 0 Å². The van der Waals surface area contributed by atoms with Crippen molar-refractivity contribution in [1.29, 1.82) is 0 Å². The van der Waals surface area contributed by atoms with Gasteiger partial charge in [0.1, 0.15) is 13.2 Å². The Labute approximate surface area is 504 Å². The molecule has 0 fully saturated rings. The van der Waals surface area contributed by atoms with Crippen molar-refractivity contribution in [3.63, 3.8) is 0 Å². The summed E-state index contributed by atoms with van der Waals surface area (Å²) < 4.78 is 16.9. The largest absolute Gasteiger partial charge is 0.462 e. The van der Waals surface area contributed by atoms with E-state index in [2.05, 4.69) is 81.5 Å². The van der Waals surface area contributed by atoms with Gasteiger partial charge in [0.2, 0.25) is 0 Å². The maximum atomic E-state index is 12.9. The van der Waals surface area contributed by atoms with Crippen molar-refractivity contribution in [2.24, 2.45) is 0 Å². The first-order valence-corrected chi connectivity index (χ1v) is 35.8. The van der Waals surface area contributed by atoms with Crippen LogP contribution in [0.2, 0.25) is 0 Å². The molecule has 0 heterocycles. The van der Waals surface area contributed by atoms with Gasteiger partial charge in [0, 0.05) is 19.3 Å². The first-order chi connectivity index (χ1) is 40.0. The number of ether oxygens (including phenoxy) is 3. The minimum Gasteiger partial charge on any atom is -0.462 e. The van der Waals surface area contributed by atoms with Gasteiger partial charge >= 0.3 is 17.9 Å². The maximum absolute atomic E-state index is 12.9. The Kier molecular flexibility index (Phi) is 67.1. The van der Waals surface area contributed by atoms with Crippen LogP contribution in [0.3, 0.4) is 0 Å². The van der Waals surface area contributed by atoms with E-state index in [-0.39, 0.29) is 31.1 Å². The summed E-state index contributed by atoms with van der Waals surface area (Å²) in [6, 6.07) is 0. The summed E-state index contributed by atoms with van der Waals surface area (Å²) in [5.74, 6) is -0.873. The highest BCUT2D eigenvalue weighted by molar-refractivity contribution is 5.71. The molecule has 0 amide bonds. The summed E-state index contributed by atoms with van der Waals surface area (Å²) in [6.07, 6.45) is 90.1. The van der Waals surface area contributed by atoms with Crippen molar-refractivity contribution in [3.8, 4) is 0 Å². The standard InChI is InChI=1S/C75H136O6/c1-4-7-10-13-16-18-20-22-24-26-28-30-32-33-34-35-36-37-38-39-40-41-43-44-46-48-50-52-54-56-59-62-65-68-74(77)80-71-72(70-79-73(76)67-64-61-58-15-12-9-6-3)81-75(78)69-66-63-60-57-55-53-51-49-47-45-42-31-29-27-25-23-21-19-17-14-11-8-5-2/h8,11,17,19,23,25,29,31,45,47,72H,4-7,9-10,12-16,18,20-22,24,26-28,30,32-44,46,48-71H2,1-3H3/b11-8-,19-17-,25-23-,31-29-,47-45-. The van der Waals surface area contributed by atoms with Gasteiger partial charge in [0.15, 0.2) is 6.10 Å². The number of hydrogen-bond donors (Lipinski definition) is 0. The van der Waals surface area contributed by atoms with Gasteiger partial charge in [-0.2, -0.15) is 0 Å². The molecule has 0 N–H and O–H groups in total. The van der Waals surface area contributed by atoms with Crippen LogP contribution < -0.4 is 0 Å². The van der Waals surface area contributed by atoms with Crippen molar-refractivity contribution in [1.82, 2.24) is 0 Å². The number of unbranched alkanes of at least 4 members (excludes halogenated alkanes) is 45. The summed E-state index contributed by atoms with van der Waals surface area (Å²) in [6.45, 7) is 6.53. The molecule has 1 unspecified atom stereocenters. The van der Waals surface area contributed by atoms with E-state index in [9.17, 15) is 14.4 Å². The topological polar surface area (TPSA) is 78.9 Å². The van der Waals surface area contributed by atoms with Gasteiger partial charge in [-0.25, -0.2) is 0 Å². The lowest BCUT2D eigenvalue weighted by atomic mass is 10.0. The molecule has 0 saturated heterocycles. The molecule has 81 heavy (non-hydrogen) atoms. The van der Waals surface area contributed by atoms with Crippen LogP contribution in [0.1, 0.15) is 380 Å². The third-order valence-electron chi connectivity index (χ3n) is 16.0. The second-order valence-electron chi connectivity index (χ2n) is 24.1. The molecular formula is C75H136O6. The first-order valence-electron chi connectivity index (χ1n) is 35.8. The molecule has 6 heteroatoms.